The normalized spacial score (nSPS) is 11.0. The topological polar surface area (TPSA) is 97.2 Å². The predicted molar refractivity (Wildman–Crippen MR) is 76.8 cm³/mol. The van der Waals surface area contributed by atoms with E-state index >= 15 is 0 Å². The van der Waals surface area contributed by atoms with Crippen molar-refractivity contribution in [3.63, 3.8) is 0 Å². The van der Waals surface area contributed by atoms with Crippen molar-refractivity contribution in [2.24, 2.45) is 5.41 Å². The van der Waals surface area contributed by atoms with Gasteiger partial charge in [0.2, 0.25) is 0 Å². The highest BCUT2D eigenvalue weighted by Gasteiger charge is 2.21. The molecule has 0 atom stereocenters. The molecule has 0 aliphatic heterocycles. The zero-order chi connectivity index (χ0) is 15.3. The zero-order valence-electron chi connectivity index (χ0n) is 12.2. The van der Waals surface area contributed by atoms with Crippen LogP contribution in [-0.4, -0.2) is 29.4 Å². The molecule has 110 valence electrons. The maximum atomic E-state index is 12.1. The molecule has 1 aromatic rings. The van der Waals surface area contributed by atoms with Crippen LogP contribution in [0.3, 0.4) is 0 Å². The number of aromatic nitrogens is 1. The summed E-state index contributed by atoms with van der Waals surface area (Å²) in [4.78, 5) is 26.2. The molecule has 0 radical (unpaired) electrons. The minimum atomic E-state index is -0.606. The van der Waals surface area contributed by atoms with Crippen LogP contribution in [-0.2, 0) is 0 Å². The number of nitro groups is 1. The fourth-order valence-corrected chi connectivity index (χ4v) is 1.56. The van der Waals surface area contributed by atoms with Crippen LogP contribution < -0.4 is 10.6 Å². The molecule has 0 aliphatic carbocycles. The SMILES string of the molecule is CNc1cc(C(=O)NCCC(C)(C)C)c([N+](=O)[O-])cn1. The van der Waals surface area contributed by atoms with Crippen molar-refractivity contribution in [2.45, 2.75) is 27.2 Å². The monoisotopic (exact) mass is 280 g/mol. The van der Waals surface area contributed by atoms with E-state index in [1.165, 1.54) is 6.07 Å². The molecule has 0 aliphatic rings. The second-order valence-corrected chi connectivity index (χ2v) is 5.66. The third kappa shape index (κ3) is 4.49. The van der Waals surface area contributed by atoms with Crippen LogP contribution in [0.1, 0.15) is 37.6 Å². The van der Waals surface area contributed by atoms with Gasteiger partial charge in [0, 0.05) is 19.7 Å². The first-order chi connectivity index (χ1) is 9.24. The van der Waals surface area contributed by atoms with Crippen molar-refractivity contribution in [3.8, 4) is 0 Å². The summed E-state index contributed by atoms with van der Waals surface area (Å²) in [5, 5.41) is 16.4. The number of pyridine rings is 1. The third-order valence-corrected chi connectivity index (χ3v) is 2.74. The van der Waals surface area contributed by atoms with E-state index in [4.69, 9.17) is 0 Å². The Morgan fingerprint density at radius 2 is 2.10 bits per heavy atom. The molecule has 7 nitrogen and oxygen atoms in total. The van der Waals surface area contributed by atoms with Crippen LogP contribution in [0.2, 0.25) is 0 Å². The smallest absolute Gasteiger partial charge is 0.300 e. The number of carbonyl (C=O) groups excluding carboxylic acids is 1. The van der Waals surface area contributed by atoms with Gasteiger partial charge in [-0.2, -0.15) is 0 Å². The number of anilines is 1. The molecule has 0 bridgehead atoms. The summed E-state index contributed by atoms with van der Waals surface area (Å²) in [6.07, 6.45) is 1.88. The number of hydrogen-bond donors (Lipinski definition) is 2. The molecule has 0 aromatic carbocycles. The van der Waals surface area contributed by atoms with Crippen molar-refractivity contribution in [1.82, 2.24) is 10.3 Å². The Hall–Kier alpha value is -2.18. The molecule has 1 heterocycles. The Morgan fingerprint density at radius 3 is 2.60 bits per heavy atom. The number of rotatable bonds is 5. The number of nitrogens with zero attached hydrogens (tertiary/aromatic N) is 2. The summed E-state index contributed by atoms with van der Waals surface area (Å²) < 4.78 is 0. The second-order valence-electron chi connectivity index (χ2n) is 5.66. The fraction of sp³-hybridized carbons (Fsp3) is 0.538. The Balaban J connectivity index is 2.87. The standard InChI is InChI=1S/C13H20N4O3/c1-13(2,3)5-6-15-12(18)9-7-11(14-4)16-8-10(9)17(19)20/h7-8H,5-6H2,1-4H3,(H,14,16)(H,15,18). The van der Waals surface area contributed by atoms with Crippen LogP contribution >= 0.6 is 0 Å². The summed E-state index contributed by atoms with van der Waals surface area (Å²) in [7, 11) is 1.63. The maximum absolute atomic E-state index is 12.1. The number of carbonyl (C=O) groups is 1. The van der Waals surface area contributed by atoms with E-state index in [2.05, 4.69) is 36.4 Å². The average molecular weight is 280 g/mol. The first-order valence-corrected chi connectivity index (χ1v) is 6.35. The zero-order valence-corrected chi connectivity index (χ0v) is 12.2. The summed E-state index contributed by atoms with van der Waals surface area (Å²) in [5.41, 5.74) is -0.186. The third-order valence-electron chi connectivity index (χ3n) is 2.74. The Labute approximate surface area is 117 Å². The van der Waals surface area contributed by atoms with E-state index in [9.17, 15) is 14.9 Å². The first kappa shape index (κ1) is 15.9. The van der Waals surface area contributed by atoms with Gasteiger partial charge in [-0.05, 0) is 11.8 Å². The minimum absolute atomic E-state index is 0.0169. The first-order valence-electron chi connectivity index (χ1n) is 6.35. The van der Waals surface area contributed by atoms with E-state index in [0.29, 0.717) is 12.4 Å². The van der Waals surface area contributed by atoms with E-state index in [0.717, 1.165) is 12.6 Å². The quantitative estimate of drug-likeness (QED) is 0.636. The highest BCUT2D eigenvalue weighted by molar-refractivity contribution is 5.98. The van der Waals surface area contributed by atoms with Crippen molar-refractivity contribution in [3.05, 3.63) is 27.9 Å². The molecule has 0 spiro atoms. The lowest BCUT2D eigenvalue weighted by atomic mass is 9.92. The van der Waals surface area contributed by atoms with Gasteiger partial charge in [-0.15, -0.1) is 0 Å². The molecule has 20 heavy (non-hydrogen) atoms. The maximum Gasteiger partial charge on any atom is 0.300 e. The second kappa shape index (κ2) is 6.31. The molecule has 1 amide bonds. The van der Waals surface area contributed by atoms with Gasteiger partial charge >= 0.3 is 0 Å². The van der Waals surface area contributed by atoms with Gasteiger partial charge in [0.25, 0.3) is 11.6 Å². The largest absolute Gasteiger partial charge is 0.373 e. The summed E-state index contributed by atoms with van der Waals surface area (Å²) in [6.45, 7) is 6.66. The van der Waals surface area contributed by atoms with Gasteiger partial charge in [0.05, 0.1) is 4.92 Å². The van der Waals surface area contributed by atoms with Crippen LogP contribution in [0.4, 0.5) is 11.5 Å². The van der Waals surface area contributed by atoms with Crippen LogP contribution in [0.25, 0.3) is 0 Å². The van der Waals surface area contributed by atoms with Crippen molar-refractivity contribution in [2.75, 3.05) is 18.9 Å². The van der Waals surface area contributed by atoms with Gasteiger partial charge in [-0.3, -0.25) is 14.9 Å². The molecular weight excluding hydrogens is 260 g/mol. The molecule has 0 fully saturated rings. The van der Waals surface area contributed by atoms with Crippen LogP contribution in [0, 0.1) is 15.5 Å². The molecule has 0 unspecified atom stereocenters. The van der Waals surface area contributed by atoms with Gasteiger partial charge in [0.1, 0.15) is 17.6 Å². The highest BCUT2D eigenvalue weighted by Crippen LogP contribution is 2.21. The van der Waals surface area contributed by atoms with Gasteiger partial charge < -0.3 is 10.6 Å². The summed E-state index contributed by atoms with van der Waals surface area (Å²) in [6, 6.07) is 1.38. The van der Waals surface area contributed by atoms with Gasteiger partial charge in [0.15, 0.2) is 0 Å². The van der Waals surface area contributed by atoms with E-state index in [-0.39, 0.29) is 16.7 Å². The van der Waals surface area contributed by atoms with Crippen LogP contribution in [0.5, 0.6) is 0 Å². The molecule has 1 rings (SSSR count). The molecular formula is C13H20N4O3. The lowest BCUT2D eigenvalue weighted by Crippen LogP contribution is -2.28. The van der Waals surface area contributed by atoms with E-state index < -0.39 is 10.8 Å². The van der Waals surface area contributed by atoms with E-state index in [1.54, 1.807) is 7.05 Å². The number of nitrogens with one attached hydrogen (secondary N) is 2. The lowest BCUT2D eigenvalue weighted by molar-refractivity contribution is -0.385. The fourth-order valence-electron chi connectivity index (χ4n) is 1.56. The Kier molecular flexibility index (Phi) is 5.01. The summed E-state index contributed by atoms with van der Waals surface area (Å²) in [5.74, 6) is -0.0450. The number of amides is 1. The molecule has 0 saturated carbocycles. The predicted octanol–water partition coefficient (Wildman–Crippen LogP) is 2.20. The van der Waals surface area contributed by atoms with Gasteiger partial charge in [-0.1, -0.05) is 20.8 Å². The highest BCUT2D eigenvalue weighted by atomic mass is 16.6. The van der Waals surface area contributed by atoms with E-state index in [1.807, 2.05) is 0 Å². The molecule has 2 N–H and O–H groups in total. The molecule has 1 aromatic heterocycles. The molecule has 0 saturated heterocycles. The van der Waals surface area contributed by atoms with Crippen molar-refractivity contribution < 1.29 is 9.72 Å². The Morgan fingerprint density at radius 1 is 1.45 bits per heavy atom. The van der Waals surface area contributed by atoms with Crippen molar-refractivity contribution in [1.29, 1.82) is 0 Å². The van der Waals surface area contributed by atoms with Crippen LogP contribution in [0.15, 0.2) is 12.3 Å². The lowest BCUT2D eigenvalue weighted by Gasteiger charge is -2.18. The average Bonchev–Trinajstić information content (AvgIpc) is 2.36. The summed E-state index contributed by atoms with van der Waals surface area (Å²) >= 11 is 0. The number of hydrogen-bond acceptors (Lipinski definition) is 5. The minimum Gasteiger partial charge on any atom is -0.373 e. The molecule has 7 heteroatoms. The Bertz CT molecular complexity index is 509. The van der Waals surface area contributed by atoms with Gasteiger partial charge in [-0.25, -0.2) is 4.98 Å². The van der Waals surface area contributed by atoms with Crippen molar-refractivity contribution >= 4 is 17.4 Å².